The van der Waals surface area contributed by atoms with Crippen molar-refractivity contribution in [3.05, 3.63) is 35.4 Å². The fourth-order valence-corrected chi connectivity index (χ4v) is 2.17. The van der Waals surface area contributed by atoms with E-state index in [9.17, 15) is 4.79 Å². The molecule has 1 amide bonds. The number of carbonyl (C=O) groups is 1. The Morgan fingerprint density at radius 3 is 2.69 bits per heavy atom. The number of benzene rings is 1. The van der Waals surface area contributed by atoms with E-state index in [-0.39, 0.29) is 5.91 Å². The molecule has 2 rings (SSSR count). The first-order chi connectivity index (χ1) is 7.75. The lowest BCUT2D eigenvalue weighted by molar-refractivity contribution is 0.100. The summed E-state index contributed by atoms with van der Waals surface area (Å²) in [5.74, 6) is 0.461. The molecule has 3 nitrogen and oxygen atoms in total. The van der Waals surface area contributed by atoms with Crippen molar-refractivity contribution in [1.82, 2.24) is 5.32 Å². The largest absolute Gasteiger partial charge is 0.366 e. The average Bonchev–Trinajstić information content (AvgIpc) is 2.80. The van der Waals surface area contributed by atoms with E-state index in [0.29, 0.717) is 5.56 Å². The van der Waals surface area contributed by atoms with Gasteiger partial charge in [-0.1, -0.05) is 12.1 Å². The topological polar surface area (TPSA) is 55.1 Å². The molecule has 1 heterocycles. The van der Waals surface area contributed by atoms with E-state index in [0.717, 1.165) is 25.4 Å². The summed E-state index contributed by atoms with van der Waals surface area (Å²) in [5.41, 5.74) is 7.07. The summed E-state index contributed by atoms with van der Waals surface area (Å²) in [6, 6.07) is 7.63. The highest BCUT2D eigenvalue weighted by molar-refractivity contribution is 5.92. The third kappa shape index (κ3) is 2.83. The van der Waals surface area contributed by atoms with Crippen molar-refractivity contribution in [2.75, 3.05) is 13.1 Å². The highest BCUT2D eigenvalue weighted by Gasteiger charge is 2.13. The second-order valence-electron chi connectivity index (χ2n) is 4.46. The molecule has 0 radical (unpaired) electrons. The first-order valence-electron chi connectivity index (χ1n) is 5.85. The minimum Gasteiger partial charge on any atom is -0.366 e. The van der Waals surface area contributed by atoms with Crippen molar-refractivity contribution >= 4 is 5.91 Å². The molecule has 0 aromatic heterocycles. The molecule has 0 spiro atoms. The fourth-order valence-electron chi connectivity index (χ4n) is 2.17. The number of nitrogens with one attached hydrogen (secondary N) is 1. The van der Waals surface area contributed by atoms with Gasteiger partial charge in [0.05, 0.1) is 0 Å². The highest BCUT2D eigenvalue weighted by atomic mass is 16.1. The lowest BCUT2D eigenvalue weighted by Crippen LogP contribution is -2.11. The van der Waals surface area contributed by atoms with E-state index >= 15 is 0 Å². The summed E-state index contributed by atoms with van der Waals surface area (Å²) in [6.07, 6.45) is 3.60. The van der Waals surface area contributed by atoms with Crippen LogP contribution in [0.25, 0.3) is 0 Å². The quantitative estimate of drug-likeness (QED) is 0.801. The van der Waals surface area contributed by atoms with Crippen LogP contribution >= 0.6 is 0 Å². The molecule has 1 aromatic rings. The molecule has 1 aliphatic rings. The predicted octanol–water partition coefficient (Wildman–Crippen LogP) is 1.33. The first kappa shape index (κ1) is 11.1. The summed E-state index contributed by atoms with van der Waals surface area (Å²) in [4.78, 5) is 10.9. The second-order valence-corrected chi connectivity index (χ2v) is 4.46. The van der Waals surface area contributed by atoms with Gasteiger partial charge in [0.15, 0.2) is 0 Å². The van der Waals surface area contributed by atoms with Crippen LogP contribution in [0.2, 0.25) is 0 Å². The van der Waals surface area contributed by atoms with Gasteiger partial charge in [-0.2, -0.15) is 0 Å². The molecular formula is C13H18N2O. The van der Waals surface area contributed by atoms with Gasteiger partial charge in [0, 0.05) is 5.56 Å². The maximum atomic E-state index is 10.9. The van der Waals surface area contributed by atoms with Crippen LogP contribution in [0.5, 0.6) is 0 Å². The molecule has 0 bridgehead atoms. The minimum atomic E-state index is -0.355. The Morgan fingerprint density at radius 2 is 2.12 bits per heavy atom. The smallest absolute Gasteiger partial charge is 0.248 e. The Labute approximate surface area is 96.0 Å². The van der Waals surface area contributed by atoms with Crippen LogP contribution in [0, 0.1) is 5.92 Å². The molecule has 1 atom stereocenters. The number of nitrogens with two attached hydrogens (primary N) is 1. The van der Waals surface area contributed by atoms with Gasteiger partial charge in [0.1, 0.15) is 0 Å². The van der Waals surface area contributed by atoms with Crippen molar-refractivity contribution in [3.63, 3.8) is 0 Å². The summed E-state index contributed by atoms with van der Waals surface area (Å²) in [5, 5.41) is 3.37. The molecule has 16 heavy (non-hydrogen) atoms. The summed E-state index contributed by atoms with van der Waals surface area (Å²) >= 11 is 0. The normalized spacial score (nSPS) is 19.9. The number of rotatable bonds is 4. The number of primary amides is 1. The Morgan fingerprint density at radius 1 is 1.38 bits per heavy atom. The zero-order chi connectivity index (χ0) is 11.4. The van der Waals surface area contributed by atoms with Gasteiger partial charge in [-0.15, -0.1) is 0 Å². The van der Waals surface area contributed by atoms with Crippen LogP contribution in [-0.2, 0) is 6.42 Å². The molecule has 3 N–H and O–H groups in total. The second kappa shape index (κ2) is 5.12. The number of hydrogen-bond donors (Lipinski definition) is 2. The van der Waals surface area contributed by atoms with Crippen molar-refractivity contribution in [2.24, 2.45) is 11.7 Å². The fraction of sp³-hybridized carbons (Fsp3) is 0.462. The lowest BCUT2D eigenvalue weighted by Gasteiger charge is -2.07. The molecule has 86 valence electrons. The summed E-state index contributed by atoms with van der Waals surface area (Å²) in [6.45, 7) is 2.31. The molecule has 1 aliphatic heterocycles. The number of aryl methyl sites for hydroxylation is 1. The predicted molar refractivity (Wildman–Crippen MR) is 64.3 cm³/mol. The average molecular weight is 218 g/mol. The van der Waals surface area contributed by atoms with Gasteiger partial charge in [0.25, 0.3) is 0 Å². The number of hydrogen-bond acceptors (Lipinski definition) is 2. The number of carbonyl (C=O) groups excluding carboxylic acids is 1. The van der Waals surface area contributed by atoms with Crippen LogP contribution in [0.3, 0.4) is 0 Å². The van der Waals surface area contributed by atoms with E-state index in [4.69, 9.17) is 5.73 Å². The Hall–Kier alpha value is -1.35. The van der Waals surface area contributed by atoms with Crippen molar-refractivity contribution in [3.8, 4) is 0 Å². The SMILES string of the molecule is NC(=O)c1ccc(CCC2CCNC2)cc1. The third-order valence-electron chi connectivity index (χ3n) is 3.24. The third-order valence-corrected chi connectivity index (χ3v) is 3.24. The maximum absolute atomic E-state index is 10.9. The Kier molecular flexibility index (Phi) is 3.57. The van der Waals surface area contributed by atoms with Crippen LogP contribution in [0.4, 0.5) is 0 Å². The van der Waals surface area contributed by atoms with Crippen molar-refractivity contribution < 1.29 is 4.79 Å². The molecule has 1 unspecified atom stereocenters. The van der Waals surface area contributed by atoms with Crippen LogP contribution in [-0.4, -0.2) is 19.0 Å². The first-order valence-corrected chi connectivity index (χ1v) is 5.85. The van der Waals surface area contributed by atoms with Gasteiger partial charge in [-0.25, -0.2) is 0 Å². The zero-order valence-electron chi connectivity index (χ0n) is 9.41. The molecule has 3 heteroatoms. The highest BCUT2D eigenvalue weighted by Crippen LogP contribution is 2.16. The Balaban J connectivity index is 1.87. The van der Waals surface area contributed by atoms with E-state index in [1.54, 1.807) is 0 Å². The lowest BCUT2D eigenvalue weighted by atomic mass is 9.98. The summed E-state index contributed by atoms with van der Waals surface area (Å²) in [7, 11) is 0. The molecule has 0 aliphatic carbocycles. The summed E-state index contributed by atoms with van der Waals surface area (Å²) < 4.78 is 0. The molecule has 1 saturated heterocycles. The Bertz CT molecular complexity index is 353. The van der Waals surface area contributed by atoms with Crippen LogP contribution < -0.4 is 11.1 Å². The van der Waals surface area contributed by atoms with E-state index in [2.05, 4.69) is 5.32 Å². The zero-order valence-corrected chi connectivity index (χ0v) is 9.41. The number of amides is 1. The van der Waals surface area contributed by atoms with Crippen molar-refractivity contribution in [2.45, 2.75) is 19.3 Å². The molecular weight excluding hydrogens is 200 g/mol. The maximum Gasteiger partial charge on any atom is 0.248 e. The molecule has 1 aromatic carbocycles. The van der Waals surface area contributed by atoms with Gasteiger partial charge in [-0.05, 0) is 56.0 Å². The van der Waals surface area contributed by atoms with Gasteiger partial charge >= 0.3 is 0 Å². The van der Waals surface area contributed by atoms with Gasteiger partial charge in [-0.3, -0.25) is 4.79 Å². The van der Waals surface area contributed by atoms with Crippen molar-refractivity contribution in [1.29, 1.82) is 0 Å². The van der Waals surface area contributed by atoms with Crippen LogP contribution in [0.1, 0.15) is 28.8 Å². The monoisotopic (exact) mass is 218 g/mol. The van der Waals surface area contributed by atoms with Gasteiger partial charge < -0.3 is 11.1 Å². The van der Waals surface area contributed by atoms with Crippen LogP contribution in [0.15, 0.2) is 24.3 Å². The van der Waals surface area contributed by atoms with E-state index in [1.165, 1.54) is 18.4 Å². The molecule has 0 saturated carbocycles. The van der Waals surface area contributed by atoms with E-state index in [1.807, 2.05) is 24.3 Å². The standard InChI is InChI=1S/C13H18N2O/c14-13(16)12-5-3-10(4-6-12)1-2-11-7-8-15-9-11/h3-6,11,15H,1-2,7-9H2,(H2,14,16). The molecule has 1 fully saturated rings. The van der Waals surface area contributed by atoms with Gasteiger partial charge in [0.2, 0.25) is 5.91 Å². The van der Waals surface area contributed by atoms with E-state index < -0.39 is 0 Å². The minimum absolute atomic E-state index is 0.355.